The number of ether oxygens (including phenoxy) is 1. The average molecular weight is 307 g/mol. The molecule has 1 aromatic heterocycles. The van der Waals surface area contributed by atoms with E-state index in [4.69, 9.17) is 10.5 Å². The van der Waals surface area contributed by atoms with E-state index in [2.05, 4.69) is 27.8 Å². The van der Waals surface area contributed by atoms with Crippen LogP contribution in [0.3, 0.4) is 0 Å². The Hall–Kier alpha value is -1.55. The fourth-order valence-corrected chi connectivity index (χ4v) is 2.55. The number of aromatic nitrogens is 1. The van der Waals surface area contributed by atoms with Crippen LogP contribution in [0.2, 0.25) is 0 Å². The lowest BCUT2D eigenvalue weighted by Gasteiger charge is -2.12. The highest BCUT2D eigenvalue weighted by Crippen LogP contribution is 2.34. The molecule has 0 saturated carbocycles. The molecule has 0 radical (unpaired) electrons. The highest BCUT2D eigenvalue weighted by molar-refractivity contribution is 9.10. The molecular formula is C14H15BrN2O. The van der Waals surface area contributed by atoms with E-state index < -0.39 is 0 Å². The number of benzene rings is 1. The van der Waals surface area contributed by atoms with Crippen LogP contribution < -0.4 is 10.5 Å². The van der Waals surface area contributed by atoms with Gasteiger partial charge in [-0.3, -0.25) is 0 Å². The van der Waals surface area contributed by atoms with Crippen LogP contribution in [0.1, 0.15) is 12.5 Å². The van der Waals surface area contributed by atoms with Crippen LogP contribution in [-0.2, 0) is 6.42 Å². The Bertz CT molecular complexity index is 552. The van der Waals surface area contributed by atoms with Crippen molar-refractivity contribution in [3.8, 4) is 16.9 Å². The molecule has 0 atom stereocenters. The molecule has 3 nitrogen and oxygen atoms in total. The third-order valence-corrected chi connectivity index (χ3v) is 3.58. The van der Waals surface area contributed by atoms with Gasteiger partial charge in [-0.05, 0) is 45.6 Å². The molecular weight excluding hydrogens is 292 g/mol. The van der Waals surface area contributed by atoms with E-state index in [-0.39, 0.29) is 0 Å². The van der Waals surface area contributed by atoms with E-state index >= 15 is 0 Å². The van der Waals surface area contributed by atoms with Gasteiger partial charge in [-0.2, -0.15) is 0 Å². The van der Waals surface area contributed by atoms with Gasteiger partial charge in [0, 0.05) is 16.2 Å². The van der Waals surface area contributed by atoms with Crippen molar-refractivity contribution in [1.82, 2.24) is 4.98 Å². The lowest BCUT2D eigenvalue weighted by Crippen LogP contribution is -1.99. The van der Waals surface area contributed by atoms with Crippen LogP contribution >= 0.6 is 15.9 Å². The van der Waals surface area contributed by atoms with E-state index in [9.17, 15) is 0 Å². The third-order valence-electron chi connectivity index (χ3n) is 2.90. The summed E-state index contributed by atoms with van der Waals surface area (Å²) in [7, 11) is 1.65. The zero-order chi connectivity index (χ0) is 13.1. The zero-order valence-corrected chi connectivity index (χ0v) is 12.0. The van der Waals surface area contributed by atoms with E-state index in [1.165, 1.54) is 5.56 Å². The summed E-state index contributed by atoms with van der Waals surface area (Å²) < 4.78 is 6.15. The predicted molar refractivity (Wildman–Crippen MR) is 77.7 cm³/mol. The molecule has 0 amide bonds. The van der Waals surface area contributed by atoms with Crippen LogP contribution in [0.5, 0.6) is 5.75 Å². The number of hydrogen-bond acceptors (Lipinski definition) is 3. The average Bonchev–Trinajstić information content (AvgIpc) is 2.41. The van der Waals surface area contributed by atoms with Crippen molar-refractivity contribution in [2.24, 2.45) is 0 Å². The number of methoxy groups -OCH3 is 1. The first-order valence-electron chi connectivity index (χ1n) is 5.74. The normalized spacial score (nSPS) is 10.4. The molecule has 94 valence electrons. The minimum Gasteiger partial charge on any atom is -0.497 e. The van der Waals surface area contributed by atoms with Crippen molar-refractivity contribution >= 4 is 21.7 Å². The maximum atomic E-state index is 6.01. The standard InChI is InChI=1S/C14H15BrN2O/c1-3-11-12(15)8-17-14(16)13(11)9-4-6-10(18-2)7-5-9/h4-8H,3H2,1-2H3,(H2,16,17). The molecule has 0 unspecified atom stereocenters. The first-order valence-corrected chi connectivity index (χ1v) is 6.54. The molecule has 1 aromatic carbocycles. The van der Waals surface area contributed by atoms with E-state index in [1.807, 2.05) is 24.3 Å². The first kappa shape index (κ1) is 12.9. The van der Waals surface area contributed by atoms with Gasteiger partial charge in [0.2, 0.25) is 0 Å². The summed E-state index contributed by atoms with van der Waals surface area (Å²) in [5.74, 6) is 1.39. The summed E-state index contributed by atoms with van der Waals surface area (Å²) in [6, 6.07) is 7.85. The van der Waals surface area contributed by atoms with E-state index in [1.54, 1.807) is 13.3 Å². The largest absolute Gasteiger partial charge is 0.497 e. The second-order valence-electron chi connectivity index (χ2n) is 3.93. The monoisotopic (exact) mass is 306 g/mol. The second kappa shape index (κ2) is 5.40. The van der Waals surface area contributed by atoms with Gasteiger partial charge in [-0.25, -0.2) is 4.98 Å². The van der Waals surface area contributed by atoms with Gasteiger partial charge in [-0.1, -0.05) is 19.1 Å². The van der Waals surface area contributed by atoms with Gasteiger partial charge in [0.25, 0.3) is 0 Å². The Labute approximate surface area is 115 Å². The van der Waals surface area contributed by atoms with Crippen molar-refractivity contribution in [1.29, 1.82) is 0 Å². The summed E-state index contributed by atoms with van der Waals surface area (Å²) in [5.41, 5.74) is 9.23. The zero-order valence-electron chi connectivity index (χ0n) is 10.4. The summed E-state index contributed by atoms with van der Waals surface area (Å²) in [6.45, 7) is 2.10. The van der Waals surface area contributed by atoms with Crippen LogP contribution in [0.4, 0.5) is 5.82 Å². The minimum atomic E-state index is 0.556. The molecule has 0 fully saturated rings. The molecule has 0 aliphatic carbocycles. The minimum absolute atomic E-state index is 0.556. The first-order chi connectivity index (χ1) is 8.67. The summed E-state index contributed by atoms with van der Waals surface area (Å²) in [6.07, 6.45) is 2.65. The molecule has 4 heteroatoms. The molecule has 18 heavy (non-hydrogen) atoms. The SMILES string of the molecule is CCc1c(Br)cnc(N)c1-c1ccc(OC)cc1. The quantitative estimate of drug-likeness (QED) is 0.941. The predicted octanol–water partition coefficient (Wildman–Crippen LogP) is 3.66. The smallest absolute Gasteiger partial charge is 0.131 e. The van der Waals surface area contributed by atoms with Crippen molar-refractivity contribution in [2.45, 2.75) is 13.3 Å². The molecule has 2 rings (SSSR count). The Morgan fingerprint density at radius 1 is 1.28 bits per heavy atom. The Kier molecular flexibility index (Phi) is 3.87. The third kappa shape index (κ3) is 2.34. The van der Waals surface area contributed by atoms with Crippen molar-refractivity contribution in [2.75, 3.05) is 12.8 Å². The number of pyridine rings is 1. The number of nitrogen functional groups attached to an aromatic ring is 1. The number of nitrogens with two attached hydrogens (primary N) is 1. The maximum absolute atomic E-state index is 6.01. The summed E-state index contributed by atoms with van der Waals surface area (Å²) in [4.78, 5) is 4.21. The number of rotatable bonds is 3. The molecule has 2 N–H and O–H groups in total. The van der Waals surface area contributed by atoms with Crippen molar-refractivity contribution in [3.63, 3.8) is 0 Å². The lowest BCUT2D eigenvalue weighted by atomic mass is 9.99. The Morgan fingerprint density at radius 2 is 1.94 bits per heavy atom. The number of anilines is 1. The van der Waals surface area contributed by atoms with Gasteiger partial charge in [-0.15, -0.1) is 0 Å². The Balaban J connectivity index is 2.58. The highest BCUT2D eigenvalue weighted by Gasteiger charge is 2.12. The van der Waals surface area contributed by atoms with Crippen LogP contribution in [0, 0.1) is 0 Å². The Morgan fingerprint density at radius 3 is 2.50 bits per heavy atom. The van der Waals surface area contributed by atoms with E-state index in [0.717, 1.165) is 27.8 Å². The van der Waals surface area contributed by atoms with Gasteiger partial charge in [0.1, 0.15) is 11.6 Å². The fourth-order valence-electron chi connectivity index (χ4n) is 1.97. The highest BCUT2D eigenvalue weighted by atomic mass is 79.9. The fraction of sp³-hybridized carbons (Fsp3) is 0.214. The van der Waals surface area contributed by atoms with E-state index in [0.29, 0.717) is 5.82 Å². The van der Waals surface area contributed by atoms with Crippen molar-refractivity contribution < 1.29 is 4.74 Å². The maximum Gasteiger partial charge on any atom is 0.131 e. The second-order valence-corrected chi connectivity index (χ2v) is 4.78. The van der Waals surface area contributed by atoms with Gasteiger partial charge >= 0.3 is 0 Å². The molecule has 0 saturated heterocycles. The summed E-state index contributed by atoms with van der Waals surface area (Å²) >= 11 is 3.52. The van der Waals surface area contributed by atoms with Gasteiger partial charge in [0.15, 0.2) is 0 Å². The van der Waals surface area contributed by atoms with Crippen LogP contribution in [0.15, 0.2) is 34.9 Å². The molecule has 0 aliphatic rings. The van der Waals surface area contributed by atoms with Crippen LogP contribution in [0.25, 0.3) is 11.1 Å². The molecule has 2 aromatic rings. The van der Waals surface area contributed by atoms with Gasteiger partial charge < -0.3 is 10.5 Å². The topological polar surface area (TPSA) is 48.1 Å². The van der Waals surface area contributed by atoms with Gasteiger partial charge in [0.05, 0.1) is 7.11 Å². The van der Waals surface area contributed by atoms with Crippen molar-refractivity contribution in [3.05, 3.63) is 40.5 Å². The molecule has 0 aliphatic heterocycles. The molecule has 0 bridgehead atoms. The molecule has 0 spiro atoms. The number of nitrogens with zero attached hydrogens (tertiary/aromatic N) is 1. The number of halogens is 1. The number of hydrogen-bond donors (Lipinski definition) is 1. The molecule has 1 heterocycles. The summed E-state index contributed by atoms with van der Waals surface area (Å²) in [5, 5.41) is 0. The van der Waals surface area contributed by atoms with Crippen LogP contribution in [-0.4, -0.2) is 12.1 Å². The lowest BCUT2D eigenvalue weighted by molar-refractivity contribution is 0.415.